The molecule has 0 radical (unpaired) electrons. The number of benzene rings is 2. The Kier molecular flexibility index (Phi) is 8.59. The van der Waals surface area contributed by atoms with Crippen molar-refractivity contribution in [3.05, 3.63) is 71.4 Å². The average Bonchev–Trinajstić information content (AvgIpc) is 3.59. The van der Waals surface area contributed by atoms with E-state index < -0.39 is 0 Å². The highest BCUT2D eigenvalue weighted by molar-refractivity contribution is 7.99. The molecule has 3 aromatic heterocycles. The topological polar surface area (TPSA) is 96.7 Å². The molecule has 42 heavy (non-hydrogen) atoms. The van der Waals surface area contributed by atoms with Crippen molar-refractivity contribution in [2.75, 3.05) is 38.0 Å². The van der Waals surface area contributed by atoms with Gasteiger partial charge in [0.05, 0.1) is 23.9 Å². The van der Waals surface area contributed by atoms with Gasteiger partial charge in [0.15, 0.2) is 4.96 Å². The van der Waals surface area contributed by atoms with Gasteiger partial charge in [-0.1, -0.05) is 36.0 Å². The van der Waals surface area contributed by atoms with Crippen LogP contribution in [0.4, 0.5) is 11.8 Å². The van der Waals surface area contributed by atoms with Gasteiger partial charge in [0, 0.05) is 48.5 Å². The predicted molar refractivity (Wildman–Crippen MR) is 170 cm³/mol. The molecule has 218 valence electrons. The van der Waals surface area contributed by atoms with Gasteiger partial charge in [-0.3, -0.25) is 4.40 Å². The second-order valence-corrected chi connectivity index (χ2v) is 12.7. The summed E-state index contributed by atoms with van der Waals surface area (Å²) in [5, 5.41) is 11.3. The first-order valence-corrected chi connectivity index (χ1v) is 15.9. The Balaban J connectivity index is 1.06. The summed E-state index contributed by atoms with van der Waals surface area (Å²) in [6, 6.07) is 16.1. The maximum absolute atomic E-state index is 12.3. The third kappa shape index (κ3) is 6.08. The molecular weight excluding hydrogens is 567 g/mol. The molecule has 6 rings (SSSR count). The number of hydrogen-bond donors (Lipinski definition) is 2. The molecule has 5 aromatic rings. The first-order valence-electron chi connectivity index (χ1n) is 14.2. The smallest absolute Gasteiger partial charge is 0.339 e. The minimum Gasteiger partial charge on any atom is -0.465 e. The number of thiazole rings is 1. The van der Waals surface area contributed by atoms with Crippen LogP contribution in [0, 0.1) is 5.92 Å². The SMILES string of the molecule is COC(=O)c1ccccc1Sc1nc2sccn2c1CNCC1CCC(Nc2nc(N(C)C)c3ccccc3n2)CC1. The number of esters is 1. The quantitative estimate of drug-likeness (QED) is 0.184. The lowest BCUT2D eigenvalue weighted by molar-refractivity contribution is 0.0597. The van der Waals surface area contributed by atoms with Gasteiger partial charge >= 0.3 is 5.97 Å². The first kappa shape index (κ1) is 28.4. The Morgan fingerprint density at radius 1 is 1.07 bits per heavy atom. The molecule has 1 aliphatic rings. The fourth-order valence-electron chi connectivity index (χ4n) is 5.55. The number of carbonyl (C=O) groups is 1. The van der Waals surface area contributed by atoms with Crippen LogP contribution >= 0.6 is 23.1 Å². The van der Waals surface area contributed by atoms with E-state index in [0.29, 0.717) is 30.0 Å². The van der Waals surface area contributed by atoms with Gasteiger partial charge in [0.2, 0.25) is 5.95 Å². The molecule has 0 saturated heterocycles. The maximum Gasteiger partial charge on any atom is 0.339 e. The number of fused-ring (bicyclic) bond motifs is 2. The van der Waals surface area contributed by atoms with Crippen LogP contribution in [0.3, 0.4) is 0 Å². The van der Waals surface area contributed by atoms with Gasteiger partial charge in [0.1, 0.15) is 10.8 Å². The lowest BCUT2D eigenvalue weighted by Crippen LogP contribution is -2.32. The maximum atomic E-state index is 12.3. The molecule has 1 saturated carbocycles. The number of methoxy groups -OCH3 is 1. The Morgan fingerprint density at radius 3 is 2.67 bits per heavy atom. The van der Waals surface area contributed by atoms with Crippen LogP contribution in [-0.4, -0.2) is 59.1 Å². The van der Waals surface area contributed by atoms with E-state index in [-0.39, 0.29) is 5.97 Å². The molecule has 11 heteroatoms. The van der Waals surface area contributed by atoms with Crippen LogP contribution in [-0.2, 0) is 11.3 Å². The van der Waals surface area contributed by atoms with Crippen molar-refractivity contribution in [3.63, 3.8) is 0 Å². The number of aromatic nitrogens is 4. The Labute approximate surface area is 253 Å². The van der Waals surface area contributed by atoms with Crippen LogP contribution in [0.1, 0.15) is 41.7 Å². The molecule has 1 fully saturated rings. The summed E-state index contributed by atoms with van der Waals surface area (Å²) in [4.78, 5) is 30.6. The normalized spacial score (nSPS) is 17.0. The Morgan fingerprint density at radius 2 is 1.86 bits per heavy atom. The minimum atomic E-state index is -0.339. The van der Waals surface area contributed by atoms with Crippen LogP contribution in [0.2, 0.25) is 0 Å². The van der Waals surface area contributed by atoms with Crippen molar-refractivity contribution in [1.29, 1.82) is 0 Å². The highest BCUT2D eigenvalue weighted by Crippen LogP contribution is 2.34. The zero-order valence-electron chi connectivity index (χ0n) is 24.0. The first-order chi connectivity index (χ1) is 20.5. The minimum absolute atomic E-state index is 0.339. The van der Waals surface area contributed by atoms with Crippen molar-refractivity contribution in [1.82, 2.24) is 24.7 Å². The number of carbonyl (C=O) groups excluding carboxylic acids is 1. The standard InChI is InChI=1S/C31H35N7O2S2/c1-37(2)27-22-8-4-6-10-24(22)34-30(35-27)33-21-14-12-20(13-15-21)18-32-19-25-28(36-31-38(25)16-17-41-31)42-26-11-7-5-9-23(26)29(39)40-3/h4-11,16-17,20-21,32H,12-15,18-19H2,1-3H3,(H,33,34,35). The Hall–Kier alpha value is -3.67. The molecule has 1 aliphatic carbocycles. The van der Waals surface area contributed by atoms with E-state index in [1.807, 2.05) is 55.4 Å². The number of hydrogen-bond acceptors (Lipinski definition) is 10. The third-order valence-electron chi connectivity index (χ3n) is 7.74. The van der Waals surface area contributed by atoms with E-state index >= 15 is 0 Å². The van der Waals surface area contributed by atoms with Gasteiger partial charge in [-0.15, -0.1) is 11.3 Å². The predicted octanol–water partition coefficient (Wildman–Crippen LogP) is 6.10. The summed E-state index contributed by atoms with van der Waals surface area (Å²) in [5.41, 5.74) is 2.62. The average molecular weight is 602 g/mol. The molecular formula is C31H35N7O2S2. The molecule has 2 N–H and O–H groups in total. The summed E-state index contributed by atoms with van der Waals surface area (Å²) < 4.78 is 7.14. The lowest BCUT2D eigenvalue weighted by atomic mass is 9.86. The number of ether oxygens (including phenoxy) is 1. The van der Waals surface area contributed by atoms with E-state index in [0.717, 1.165) is 69.5 Å². The van der Waals surface area contributed by atoms with Crippen molar-refractivity contribution in [2.24, 2.45) is 5.92 Å². The summed E-state index contributed by atoms with van der Waals surface area (Å²) in [6.45, 7) is 1.65. The number of imidazole rings is 1. The zero-order chi connectivity index (χ0) is 29.1. The number of para-hydroxylation sites is 1. The second kappa shape index (κ2) is 12.7. The summed E-state index contributed by atoms with van der Waals surface area (Å²) in [7, 11) is 5.45. The molecule has 0 spiro atoms. The van der Waals surface area contributed by atoms with E-state index in [2.05, 4.69) is 32.7 Å². The fraction of sp³-hybridized carbons (Fsp3) is 0.355. The summed E-state index contributed by atoms with van der Waals surface area (Å²) in [6.07, 6.45) is 6.54. The molecule has 9 nitrogen and oxygen atoms in total. The van der Waals surface area contributed by atoms with Gasteiger partial charge in [0.25, 0.3) is 0 Å². The van der Waals surface area contributed by atoms with E-state index in [1.54, 1.807) is 17.4 Å². The van der Waals surface area contributed by atoms with Gasteiger partial charge in [-0.05, 0) is 62.4 Å². The van der Waals surface area contributed by atoms with Crippen LogP contribution < -0.4 is 15.5 Å². The van der Waals surface area contributed by atoms with E-state index in [9.17, 15) is 4.79 Å². The number of anilines is 2. The number of nitrogens with zero attached hydrogens (tertiary/aromatic N) is 5. The molecule has 0 aliphatic heterocycles. The Bertz CT molecular complexity index is 1690. The molecule has 2 aromatic carbocycles. The van der Waals surface area contributed by atoms with Crippen molar-refractivity contribution < 1.29 is 9.53 Å². The fourth-order valence-corrected chi connectivity index (χ4v) is 7.37. The lowest BCUT2D eigenvalue weighted by Gasteiger charge is -2.29. The van der Waals surface area contributed by atoms with Gasteiger partial charge in [-0.25, -0.2) is 14.8 Å². The largest absolute Gasteiger partial charge is 0.465 e. The van der Waals surface area contributed by atoms with Crippen LogP contribution in [0.25, 0.3) is 15.9 Å². The van der Waals surface area contributed by atoms with Crippen molar-refractivity contribution in [2.45, 2.75) is 48.2 Å². The third-order valence-corrected chi connectivity index (χ3v) is 9.59. The van der Waals surface area contributed by atoms with E-state index in [1.165, 1.54) is 18.9 Å². The molecule has 0 bridgehead atoms. The highest BCUT2D eigenvalue weighted by atomic mass is 32.2. The van der Waals surface area contributed by atoms with Crippen LogP contribution in [0.15, 0.2) is 70.0 Å². The van der Waals surface area contributed by atoms with Crippen LogP contribution in [0.5, 0.6) is 0 Å². The second-order valence-electron chi connectivity index (χ2n) is 10.8. The monoisotopic (exact) mass is 601 g/mol. The summed E-state index contributed by atoms with van der Waals surface area (Å²) >= 11 is 3.13. The van der Waals surface area contributed by atoms with E-state index in [4.69, 9.17) is 19.7 Å². The molecule has 0 amide bonds. The van der Waals surface area contributed by atoms with Gasteiger partial charge in [-0.2, -0.15) is 4.98 Å². The number of nitrogens with one attached hydrogen (secondary N) is 2. The molecule has 0 atom stereocenters. The highest BCUT2D eigenvalue weighted by Gasteiger charge is 2.23. The molecule has 3 heterocycles. The van der Waals surface area contributed by atoms with Gasteiger partial charge < -0.3 is 20.3 Å². The summed E-state index contributed by atoms with van der Waals surface area (Å²) in [5.74, 6) is 1.92. The molecule has 0 unspecified atom stereocenters. The zero-order valence-corrected chi connectivity index (χ0v) is 25.7. The number of rotatable bonds is 10. The van der Waals surface area contributed by atoms with Crippen molar-refractivity contribution in [3.8, 4) is 0 Å². The van der Waals surface area contributed by atoms with Crippen molar-refractivity contribution >= 4 is 56.7 Å².